The van der Waals surface area contributed by atoms with E-state index in [1.807, 2.05) is 24.3 Å². The van der Waals surface area contributed by atoms with E-state index in [1.54, 1.807) is 31.4 Å². The molecular weight excluding hydrogens is 336 g/mol. The SMILES string of the molecule is COC(=O)Nc1ccc(CNC(=O)CCOc2ccccc2OC)cc1. The molecule has 2 N–H and O–H groups in total. The van der Waals surface area contributed by atoms with Gasteiger partial charge in [-0.1, -0.05) is 24.3 Å². The van der Waals surface area contributed by atoms with Gasteiger partial charge in [-0.15, -0.1) is 0 Å². The Balaban J connectivity index is 1.72. The summed E-state index contributed by atoms with van der Waals surface area (Å²) in [4.78, 5) is 23.0. The summed E-state index contributed by atoms with van der Waals surface area (Å²) in [5.41, 5.74) is 1.54. The third kappa shape index (κ3) is 6.01. The van der Waals surface area contributed by atoms with Gasteiger partial charge in [0.15, 0.2) is 11.5 Å². The van der Waals surface area contributed by atoms with Gasteiger partial charge in [0.1, 0.15) is 0 Å². The fourth-order valence-corrected chi connectivity index (χ4v) is 2.16. The smallest absolute Gasteiger partial charge is 0.411 e. The van der Waals surface area contributed by atoms with E-state index in [0.29, 0.717) is 23.7 Å². The minimum absolute atomic E-state index is 0.114. The fourth-order valence-electron chi connectivity index (χ4n) is 2.16. The van der Waals surface area contributed by atoms with Crippen molar-refractivity contribution in [2.45, 2.75) is 13.0 Å². The molecule has 0 fully saturated rings. The third-order valence-corrected chi connectivity index (χ3v) is 3.53. The van der Waals surface area contributed by atoms with Crippen LogP contribution in [0.15, 0.2) is 48.5 Å². The van der Waals surface area contributed by atoms with Gasteiger partial charge in [-0.05, 0) is 29.8 Å². The number of carbonyl (C=O) groups excluding carboxylic acids is 2. The third-order valence-electron chi connectivity index (χ3n) is 3.53. The van der Waals surface area contributed by atoms with Gasteiger partial charge in [-0.25, -0.2) is 4.79 Å². The van der Waals surface area contributed by atoms with E-state index in [-0.39, 0.29) is 18.9 Å². The van der Waals surface area contributed by atoms with Crippen LogP contribution in [-0.4, -0.2) is 32.8 Å². The quantitative estimate of drug-likeness (QED) is 0.758. The van der Waals surface area contributed by atoms with Gasteiger partial charge in [0.25, 0.3) is 0 Å². The summed E-state index contributed by atoms with van der Waals surface area (Å²) in [5.74, 6) is 1.13. The molecule has 7 nitrogen and oxygen atoms in total. The van der Waals surface area contributed by atoms with Crippen LogP contribution in [0.25, 0.3) is 0 Å². The van der Waals surface area contributed by atoms with Crippen molar-refractivity contribution in [2.24, 2.45) is 0 Å². The summed E-state index contributed by atoms with van der Waals surface area (Å²) in [7, 11) is 2.87. The molecule has 2 aromatic rings. The van der Waals surface area contributed by atoms with E-state index in [1.165, 1.54) is 7.11 Å². The Morgan fingerprint density at radius 3 is 2.31 bits per heavy atom. The molecule has 7 heteroatoms. The number of nitrogens with one attached hydrogen (secondary N) is 2. The Labute approximate surface area is 152 Å². The van der Waals surface area contributed by atoms with E-state index in [0.717, 1.165) is 5.56 Å². The van der Waals surface area contributed by atoms with Gasteiger partial charge in [-0.2, -0.15) is 0 Å². The van der Waals surface area contributed by atoms with Crippen molar-refractivity contribution in [3.05, 3.63) is 54.1 Å². The van der Waals surface area contributed by atoms with Crippen molar-refractivity contribution in [1.29, 1.82) is 0 Å². The largest absolute Gasteiger partial charge is 0.493 e. The van der Waals surface area contributed by atoms with Gasteiger partial charge in [0.05, 0.1) is 27.2 Å². The number of para-hydroxylation sites is 2. The average Bonchev–Trinajstić information content (AvgIpc) is 2.67. The van der Waals surface area contributed by atoms with Gasteiger partial charge in [0.2, 0.25) is 5.91 Å². The van der Waals surface area contributed by atoms with Crippen LogP contribution in [0.4, 0.5) is 10.5 Å². The van der Waals surface area contributed by atoms with E-state index >= 15 is 0 Å². The predicted octanol–water partition coefficient (Wildman–Crippen LogP) is 2.96. The first kappa shape index (κ1) is 19.1. The van der Waals surface area contributed by atoms with Gasteiger partial charge >= 0.3 is 6.09 Å². The molecule has 0 aliphatic rings. The predicted molar refractivity (Wildman–Crippen MR) is 97.4 cm³/mol. The molecule has 2 aromatic carbocycles. The lowest BCUT2D eigenvalue weighted by atomic mass is 10.2. The van der Waals surface area contributed by atoms with Crippen LogP contribution in [0.1, 0.15) is 12.0 Å². The first-order valence-corrected chi connectivity index (χ1v) is 8.09. The lowest BCUT2D eigenvalue weighted by Crippen LogP contribution is -2.24. The lowest BCUT2D eigenvalue weighted by Gasteiger charge is -2.10. The van der Waals surface area contributed by atoms with Crippen LogP contribution in [0.3, 0.4) is 0 Å². The number of amides is 2. The zero-order valence-electron chi connectivity index (χ0n) is 14.8. The molecule has 0 heterocycles. The Kier molecular flexibility index (Phi) is 7.30. The van der Waals surface area contributed by atoms with E-state index in [9.17, 15) is 9.59 Å². The zero-order chi connectivity index (χ0) is 18.8. The lowest BCUT2D eigenvalue weighted by molar-refractivity contribution is -0.121. The first-order chi connectivity index (χ1) is 12.6. The summed E-state index contributed by atoms with van der Waals surface area (Å²) >= 11 is 0. The second-order valence-electron chi connectivity index (χ2n) is 5.34. The number of benzene rings is 2. The first-order valence-electron chi connectivity index (χ1n) is 8.09. The van der Waals surface area contributed by atoms with Crippen molar-refractivity contribution < 1.29 is 23.8 Å². The maximum Gasteiger partial charge on any atom is 0.411 e. The highest BCUT2D eigenvalue weighted by atomic mass is 16.5. The standard InChI is InChI=1S/C19H22N2O5/c1-24-16-5-3-4-6-17(16)26-12-11-18(22)20-13-14-7-9-15(10-8-14)21-19(23)25-2/h3-10H,11-13H2,1-2H3,(H,20,22)(H,21,23). The van der Waals surface area contributed by atoms with E-state index in [4.69, 9.17) is 9.47 Å². The van der Waals surface area contributed by atoms with Gasteiger partial charge in [0, 0.05) is 12.2 Å². The van der Waals surface area contributed by atoms with Crippen molar-refractivity contribution >= 4 is 17.7 Å². The van der Waals surface area contributed by atoms with Crippen LogP contribution in [0.2, 0.25) is 0 Å². The maximum atomic E-state index is 11.9. The normalized spacial score (nSPS) is 9.92. The van der Waals surface area contributed by atoms with Crippen molar-refractivity contribution in [3.63, 3.8) is 0 Å². The Bertz CT molecular complexity index is 731. The molecule has 2 rings (SSSR count). The summed E-state index contributed by atoms with van der Waals surface area (Å²) < 4.78 is 15.3. The van der Waals surface area contributed by atoms with Gasteiger partial charge in [-0.3, -0.25) is 10.1 Å². The van der Waals surface area contributed by atoms with Crippen LogP contribution in [-0.2, 0) is 16.1 Å². The summed E-state index contributed by atoms with van der Waals surface area (Å²) in [6.45, 7) is 0.653. The molecule has 0 radical (unpaired) electrons. The van der Waals surface area contributed by atoms with Gasteiger partial charge < -0.3 is 19.5 Å². The van der Waals surface area contributed by atoms with Crippen LogP contribution < -0.4 is 20.1 Å². The highest BCUT2D eigenvalue weighted by Crippen LogP contribution is 2.25. The number of anilines is 1. The zero-order valence-corrected chi connectivity index (χ0v) is 14.8. The number of carbonyl (C=O) groups is 2. The van der Waals surface area contributed by atoms with Crippen molar-refractivity contribution in [1.82, 2.24) is 5.32 Å². The Hall–Kier alpha value is -3.22. The molecule has 26 heavy (non-hydrogen) atoms. The molecule has 0 aliphatic carbocycles. The molecule has 138 valence electrons. The average molecular weight is 358 g/mol. The molecule has 0 aliphatic heterocycles. The molecule has 0 spiro atoms. The van der Waals surface area contributed by atoms with Crippen molar-refractivity contribution in [2.75, 3.05) is 26.1 Å². The number of methoxy groups -OCH3 is 2. The van der Waals surface area contributed by atoms with E-state index < -0.39 is 6.09 Å². The minimum Gasteiger partial charge on any atom is -0.493 e. The monoisotopic (exact) mass is 358 g/mol. The maximum absolute atomic E-state index is 11.9. The number of hydrogen-bond donors (Lipinski definition) is 2. The molecule has 0 unspecified atom stereocenters. The summed E-state index contributed by atoms with van der Waals surface area (Å²) in [6.07, 6.45) is -0.291. The summed E-state index contributed by atoms with van der Waals surface area (Å²) in [5, 5.41) is 5.38. The topological polar surface area (TPSA) is 85.9 Å². The highest BCUT2D eigenvalue weighted by molar-refractivity contribution is 5.84. The molecule has 0 saturated heterocycles. The van der Waals surface area contributed by atoms with E-state index in [2.05, 4.69) is 15.4 Å². The second-order valence-corrected chi connectivity index (χ2v) is 5.34. The Morgan fingerprint density at radius 1 is 0.962 bits per heavy atom. The molecule has 2 amide bonds. The van der Waals surface area contributed by atoms with Crippen LogP contribution in [0.5, 0.6) is 11.5 Å². The molecule has 0 bridgehead atoms. The molecule has 0 aromatic heterocycles. The fraction of sp³-hybridized carbons (Fsp3) is 0.263. The number of hydrogen-bond acceptors (Lipinski definition) is 5. The molecular formula is C19H22N2O5. The van der Waals surface area contributed by atoms with Crippen LogP contribution >= 0.6 is 0 Å². The highest BCUT2D eigenvalue weighted by Gasteiger charge is 2.06. The number of rotatable bonds is 8. The number of ether oxygens (including phenoxy) is 3. The summed E-state index contributed by atoms with van der Waals surface area (Å²) in [6, 6.07) is 14.4. The van der Waals surface area contributed by atoms with Crippen LogP contribution in [0, 0.1) is 0 Å². The minimum atomic E-state index is -0.527. The Morgan fingerprint density at radius 2 is 1.65 bits per heavy atom. The molecule has 0 saturated carbocycles. The van der Waals surface area contributed by atoms with Crippen molar-refractivity contribution in [3.8, 4) is 11.5 Å². The second kappa shape index (κ2) is 9.93. The molecule has 0 atom stereocenters.